The molecule has 0 radical (unpaired) electrons. The highest BCUT2D eigenvalue weighted by molar-refractivity contribution is 5.80. The van der Waals surface area contributed by atoms with E-state index in [2.05, 4.69) is 0 Å². The zero-order chi connectivity index (χ0) is 15.0. The lowest BCUT2D eigenvalue weighted by Crippen LogP contribution is -2.00. The maximum Gasteiger partial charge on any atom is 0.272 e. The minimum atomic E-state index is -0.665. The van der Waals surface area contributed by atoms with Crippen molar-refractivity contribution in [2.75, 3.05) is 0 Å². The van der Waals surface area contributed by atoms with E-state index >= 15 is 0 Å². The lowest BCUT2D eigenvalue weighted by molar-refractivity contribution is -0.385. The molecule has 21 heavy (non-hydrogen) atoms. The summed E-state index contributed by atoms with van der Waals surface area (Å²) in [4.78, 5) is 10.1. The van der Waals surface area contributed by atoms with Crippen LogP contribution in [0.3, 0.4) is 0 Å². The molecule has 0 bridgehead atoms. The maximum atomic E-state index is 13.4. The number of hydrogen-bond donors (Lipinski definition) is 0. The molecule has 0 fully saturated rings. The van der Waals surface area contributed by atoms with Gasteiger partial charge < -0.3 is 4.57 Å². The van der Waals surface area contributed by atoms with Crippen molar-refractivity contribution in [3.8, 4) is 0 Å². The van der Waals surface area contributed by atoms with Crippen LogP contribution >= 0.6 is 0 Å². The molecule has 1 aromatic heterocycles. The van der Waals surface area contributed by atoms with E-state index in [1.807, 2.05) is 6.07 Å². The smallest absolute Gasteiger partial charge is 0.272 e. The molecule has 2 aromatic carbocycles. The van der Waals surface area contributed by atoms with E-state index in [4.69, 9.17) is 0 Å². The van der Waals surface area contributed by atoms with Gasteiger partial charge in [0.25, 0.3) is 5.69 Å². The first-order valence-corrected chi connectivity index (χ1v) is 6.21. The van der Waals surface area contributed by atoms with Gasteiger partial charge in [0.1, 0.15) is 11.6 Å². The summed E-state index contributed by atoms with van der Waals surface area (Å²) in [6.45, 7) is 0.228. The Balaban J connectivity index is 2.02. The van der Waals surface area contributed by atoms with Crippen LogP contribution in [0, 0.1) is 21.7 Å². The molecule has 0 spiro atoms. The Hall–Kier alpha value is -2.76. The maximum absolute atomic E-state index is 13.4. The summed E-state index contributed by atoms with van der Waals surface area (Å²) >= 11 is 0. The molecule has 0 aliphatic rings. The number of benzene rings is 2. The van der Waals surface area contributed by atoms with E-state index in [9.17, 15) is 18.9 Å². The number of nitro benzene ring substituents is 1. The fourth-order valence-electron chi connectivity index (χ4n) is 2.32. The third-order valence-corrected chi connectivity index (χ3v) is 3.24. The molecule has 3 rings (SSSR count). The molecule has 0 aliphatic carbocycles. The normalized spacial score (nSPS) is 11.0. The first-order valence-electron chi connectivity index (χ1n) is 6.21. The molecule has 0 aliphatic heterocycles. The van der Waals surface area contributed by atoms with Crippen molar-refractivity contribution in [3.05, 3.63) is 76.0 Å². The van der Waals surface area contributed by atoms with Crippen molar-refractivity contribution in [2.24, 2.45) is 0 Å². The highest BCUT2D eigenvalue weighted by Crippen LogP contribution is 2.21. The van der Waals surface area contributed by atoms with Crippen LogP contribution in [0.15, 0.2) is 48.7 Å². The summed E-state index contributed by atoms with van der Waals surface area (Å²) in [6.07, 6.45) is 1.74. The minimum Gasteiger partial charge on any atom is -0.343 e. The SMILES string of the molecule is O=[N+]([O-])c1cc(F)cc(Cn2ccc3ccc(F)cc32)c1. The number of nitrogens with zero attached hydrogens (tertiary/aromatic N) is 2. The van der Waals surface area contributed by atoms with Gasteiger partial charge in [0, 0.05) is 18.8 Å². The van der Waals surface area contributed by atoms with E-state index in [0.29, 0.717) is 11.1 Å². The van der Waals surface area contributed by atoms with Gasteiger partial charge in [0.15, 0.2) is 0 Å². The first-order chi connectivity index (χ1) is 10.0. The molecule has 106 valence electrons. The Morgan fingerprint density at radius 1 is 1.05 bits per heavy atom. The fraction of sp³-hybridized carbons (Fsp3) is 0.0667. The summed E-state index contributed by atoms with van der Waals surface area (Å²) in [5, 5.41) is 11.6. The van der Waals surface area contributed by atoms with E-state index in [1.165, 1.54) is 24.3 Å². The van der Waals surface area contributed by atoms with Crippen LogP contribution in [0.4, 0.5) is 14.5 Å². The van der Waals surface area contributed by atoms with Gasteiger partial charge in [-0.3, -0.25) is 10.1 Å². The minimum absolute atomic E-state index is 0.228. The van der Waals surface area contributed by atoms with Gasteiger partial charge in [0.2, 0.25) is 0 Å². The van der Waals surface area contributed by atoms with Gasteiger partial charge in [0.05, 0.1) is 16.5 Å². The van der Waals surface area contributed by atoms with Crippen molar-refractivity contribution >= 4 is 16.6 Å². The number of non-ortho nitro benzene ring substituents is 1. The molecule has 1 heterocycles. The molecular formula is C15H10F2N2O2. The fourth-order valence-corrected chi connectivity index (χ4v) is 2.32. The second-order valence-corrected chi connectivity index (χ2v) is 4.72. The Morgan fingerprint density at radius 3 is 2.62 bits per heavy atom. The Bertz CT molecular complexity index is 843. The van der Waals surface area contributed by atoms with Crippen molar-refractivity contribution in [1.29, 1.82) is 0 Å². The monoisotopic (exact) mass is 288 g/mol. The van der Waals surface area contributed by atoms with E-state index in [1.54, 1.807) is 16.8 Å². The molecule has 0 amide bonds. The second kappa shape index (κ2) is 4.97. The summed E-state index contributed by atoms with van der Waals surface area (Å²) in [5.74, 6) is -1.03. The van der Waals surface area contributed by atoms with Crippen LogP contribution in [0.2, 0.25) is 0 Å². The summed E-state index contributed by atoms with van der Waals surface area (Å²) in [6, 6.07) is 9.61. The van der Waals surface area contributed by atoms with Crippen LogP contribution < -0.4 is 0 Å². The Labute approximate surface area is 118 Å². The van der Waals surface area contributed by atoms with Crippen LogP contribution in [0.5, 0.6) is 0 Å². The summed E-state index contributed by atoms with van der Waals surface area (Å²) in [5.41, 5.74) is 0.804. The zero-order valence-electron chi connectivity index (χ0n) is 10.8. The lowest BCUT2D eigenvalue weighted by Gasteiger charge is -2.06. The molecule has 3 aromatic rings. The topological polar surface area (TPSA) is 48.1 Å². The summed E-state index contributed by atoms with van der Waals surface area (Å²) in [7, 11) is 0. The molecule has 0 N–H and O–H groups in total. The van der Waals surface area contributed by atoms with Crippen LogP contribution in [-0.4, -0.2) is 9.49 Å². The van der Waals surface area contributed by atoms with Crippen LogP contribution in [0.1, 0.15) is 5.56 Å². The highest BCUT2D eigenvalue weighted by Gasteiger charge is 2.11. The molecule has 0 unspecified atom stereocenters. The third kappa shape index (κ3) is 2.60. The zero-order valence-corrected chi connectivity index (χ0v) is 10.8. The molecule has 6 heteroatoms. The van der Waals surface area contributed by atoms with E-state index < -0.39 is 10.7 Å². The van der Waals surface area contributed by atoms with Gasteiger partial charge in [-0.1, -0.05) is 0 Å². The largest absolute Gasteiger partial charge is 0.343 e. The predicted molar refractivity (Wildman–Crippen MR) is 74.1 cm³/mol. The average Bonchev–Trinajstić information content (AvgIpc) is 2.80. The number of rotatable bonds is 3. The number of halogens is 2. The van der Waals surface area contributed by atoms with Crippen molar-refractivity contribution in [1.82, 2.24) is 4.57 Å². The molecule has 0 saturated carbocycles. The molecule has 4 nitrogen and oxygen atoms in total. The second-order valence-electron chi connectivity index (χ2n) is 4.72. The van der Waals surface area contributed by atoms with Crippen molar-refractivity contribution < 1.29 is 13.7 Å². The van der Waals surface area contributed by atoms with Gasteiger partial charge in [-0.05, 0) is 41.3 Å². The lowest BCUT2D eigenvalue weighted by atomic mass is 10.2. The molecule has 0 saturated heterocycles. The van der Waals surface area contributed by atoms with Crippen LogP contribution in [-0.2, 0) is 6.54 Å². The first kappa shape index (κ1) is 13.2. The molecule has 0 atom stereocenters. The van der Waals surface area contributed by atoms with Gasteiger partial charge in [-0.2, -0.15) is 0 Å². The van der Waals surface area contributed by atoms with Crippen molar-refractivity contribution in [2.45, 2.75) is 6.54 Å². The summed E-state index contributed by atoms with van der Waals surface area (Å²) < 4.78 is 28.4. The Morgan fingerprint density at radius 2 is 1.86 bits per heavy atom. The average molecular weight is 288 g/mol. The van der Waals surface area contributed by atoms with E-state index in [0.717, 1.165) is 11.5 Å². The number of nitro groups is 1. The number of hydrogen-bond acceptors (Lipinski definition) is 2. The predicted octanol–water partition coefficient (Wildman–Crippen LogP) is 3.88. The van der Waals surface area contributed by atoms with Crippen molar-refractivity contribution in [3.63, 3.8) is 0 Å². The number of fused-ring (bicyclic) bond motifs is 1. The van der Waals surface area contributed by atoms with E-state index in [-0.39, 0.29) is 18.0 Å². The standard InChI is InChI=1S/C15H10F2N2O2/c16-12-2-1-11-3-4-18(15(11)8-12)9-10-5-13(17)7-14(6-10)19(20)21/h1-8H,9H2. The highest BCUT2D eigenvalue weighted by atomic mass is 19.1. The van der Waals surface area contributed by atoms with Crippen LogP contribution in [0.25, 0.3) is 10.9 Å². The van der Waals surface area contributed by atoms with Gasteiger partial charge >= 0.3 is 0 Å². The Kier molecular flexibility index (Phi) is 3.13. The third-order valence-electron chi connectivity index (χ3n) is 3.24. The van der Waals surface area contributed by atoms with Gasteiger partial charge in [-0.25, -0.2) is 8.78 Å². The quantitative estimate of drug-likeness (QED) is 0.542. The van der Waals surface area contributed by atoms with Gasteiger partial charge in [-0.15, -0.1) is 0 Å². The number of aromatic nitrogens is 1. The molecular weight excluding hydrogens is 278 g/mol.